The van der Waals surface area contributed by atoms with Crippen LogP contribution in [0.1, 0.15) is 60.3 Å². The largest absolute Gasteiger partial charge is 0.460 e. The van der Waals surface area contributed by atoms with Gasteiger partial charge in [0, 0.05) is 0 Å². The molecule has 0 aromatic heterocycles. The molecule has 94 valence electrons. The Morgan fingerprint density at radius 2 is 1.81 bits per heavy atom. The van der Waals surface area contributed by atoms with E-state index in [0.717, 1.165) is 19.3 Å². The van der Waals surface area contributed by atoms with Gasteiger partial charge in [-0.1, -0.05) is 32.4 Å². The molecule has 0 fully saturated rings. The van der Waals surface area contributed by atoms with Crippen LogP contribution in [0.3, 0.4) is 0 Å². The zero-order valence-corrected chi connectivity index (χ0v) is 11.4. The fraction of sp³-hybridized carbons (Fsp3) is 0.786. The minimum absolute atomic E-state index is 0.00879. The van der Waals surface area contributed by atoms with Gasteiger partial charge in [0.15, 0.2) is 0 Å². The molecule has 0 heterocycles. The number of carbonyl (C=O) groups is 1. The van der Waals surface area contributed by atoms with Crippen LogP contribution in [0.4, 0.5) is 0 Å². The molecule has 0 aromatic carbocycles. The lowest BCUT2D eigenvalue weighted by atomic mass is 10.0. The van der Waals surface area contributed by atoms with E-state index in [9.17, 15) is 4.79 Å². The molecule has 0 amide bonds. The van der Waals surface area contributed by atoms with Gasteiger partial charge >= 0.3 is 5.97 Å². The predicted octanol–water partition coefficient (Wildman–Crippen LogP) is 4.10. The van der Waals surface area contributed by atoms with Gasteiger partial charge in [0.2, 0.25) is 0 Å². The van der Waals surface area contributed by atoms with Gasteiger partial charge in [0.05, 0.1) is 5.92 Å². The first-order chi connectivity index (χ1) is 7.37. The molecule has 1 atom stereocenters. The van der Waals surface area contributed by atoms with Crippen molar-refractivity contribution in [1.29, 1.82) is 0 Å². The highest BCUT2D eigenvalue weighted by Crippen LogP contribution is 2.14. The fourth-order valence-corrected chi connectivity index (χ4v) is 1.27. The van der Waals surface area contributed by atoms with Crippen molar-refractivity contribution in [2.45, 2.75) is 65.9 Å². The van der Waals surface area contributed by atoms with Crippen LogP contribution in [0, 0.1) is 5.92 Å². The first-order valence-corrected chi connectivity index (χ1v) is 6.24. The lowest BCUT2D eigenvalue weighted by Crippen LogP contribution is -2.27. The molecule has 0 radical (unpaired) electrons. The Morgan fingerprint density at radius 3 is 2.31 bits per heavy atom. The van der Waals surface area contributed by atoms with Crippen LogP contribution in [-0.2, 0) is 9.53 Å². The number of allylic oxidation sites excluding steroid dienone is 2. The monoisotopic (exact) mass is 226 g/mol. The Bertz CT molecular complexity index is 223. The summed E-state index contributed by atoms with van der Waals surface area (Å²) >= 11 is 0. The SMILES string of the molecule is CCCC=CCCC(C)C(=O)OC(C)(C)C. The third-order valence-corrected chi connectivity index (χ3v) is 2.20. The van der Waals surface area contributed by atoms with Crippen LogP contribution in [0.25, 0.3) is 0 Å². The predicted molar refractivity (Wildman–Crippen MR) is 68.3 cm³/mol. The molecule has 0 rings (SSSR count). The molecule has 0 aliphatic heterocycles. The summed E-state index contributed by atoms with van der Waals surface area (Å²) in [5.41, 5.74) is -0.372. The van der Waals surface area contributed by atoms with E-state index in [2.05, 4.69) is 19.1 Å². The molecular weight excluding hydrogens is 200 g/mol. The molecule has 2 heteroatoms. The van der Waals surface area contributed by atoms with Crippen LogP contribution >= 0.6 is 0 Å². The molecule has 0 N–H and O–H groups in total. The van der Waals surface area contributed by atoms with Crippen LogP contribution in [-0.4, -0.2) is 11.6 Å². The van der Waals surface area contributed by atoms with Crippen LogP contribution < -0.4 is 0 Å². The zero-order chi connectivity index (χ0) is 12.6. The average Bonchev–Trinajstić information content (AvgIpc) is 2.14. The van der Waals surface area contributed by atoms with Gasteiger partial charge in [-0.2, -0.15) is 0 Å². The molecule has 0 aliphatic rings. The number of carbonyl (C=O) groups excluding carboxylic acids is 1. The van der Waals surface area contributed by atoms with Crippen molar-refractivity contribution in [3.05, 3.63) is 12.2 Å². The topological polar surface area (TPSA) is 26.3 Å². The molecule has 0 saturated heterocycles. The maximum atomic E-state index is 11.6. The van der Waals surface area contributed by atoms with Crippen LogP contribution in [0.15, 0.2) is 12.2 Å². The van der Waals surface area contributed by atoms with E-state index < -0.39 is 0 Å². The van der Waals surface area contributed by atoms with Gasteiger partial charge in [-0.05, 0) is 40.0 Å². The molecular formula is C14H26O2. The minimum Gasteiger partial charge on any atom is -0.460 e. The molecule has 0 aliphatic carbocycles. The van der Waals surface area contributed by atoms with Crippen molar-refractivity contribution in [1.82, 2.24) is 0 Å². The molecule has 0 aromatic rings. The number of hydrogen-bond acceptors (Lipinski definition) is 2. The maximum absolute atomic E-state index is 11.6. The smallest absolute Gasteiger partial charge is 0.309 e. The Morgan fingerprint density at radius 1 is 1.25 bits per heavy atom. The number of ether oxygens (including phenoxy) is 1. The molecule has 1 unspecified atom stereocenters. The van der Waals surface area contributed by atoms with Crippen molar-refractivity contribution in [2.24, 2.45) is 5.92 Å². The zero-order valence-electron chi connectivity index (χ0n) is 11.4. The summed E-state index contributed by atoms with van der Waals surface area (Å²) in [5.74, 6) is -0.0955. The molecule has 0 spiro atoms. The Kier molecular flexibility index (Phi) is 7.11. The van der Waals surface area contributed by atoms with Crippen molar-refractivity contribution in [3.63, 3.8) is 0 Å². The van der Waals surface area contributed by atoms with Gasteiger partial charge < -0.3 is 4.74 Å². The normalized spacial score (nSPS) is 14.1. The van der Waals surface area contributed by atoms with E-state index in [-0.39, 0.29) is 17.5 Å². The number of rotatable bonds is 6. The number of esters is 1. The highest BCUT2D eigenvalue weighted by molar-refractivity contribution is 5.72. The Labute approximate surface area is 100 Å². The molecule has 0 saturated carbocycles. The first kappa shape index (κ1) is 15.2. The van der Waals surface area contributed by atoms with Gasteiger partial charge in [-0.3, -0.25) is 4.79 Å². The fourth-order valence-electron chi connectivity index (χ4n) is 1.27. The van der Waals surface area contributed by atoms with E-state index in [4.69, 9.17) is 4.74 Å². The Hall–Kier alpha value is -0.790. The van der Waals surface area contributed by atoms with Crippen molar-refractivity contribution < 1.29 is 9.53 Å². The number of hydrogen-bond donors (Lipinski definition) is 0. The summed E-state index contributed by atoms with van der Waals surface area (Å²) in [6.45, 7) is 9.80. The highest BCUT2D eigenvalue weighted by Gasteiger charge is 2.20. The van der Waals surface area contributed by atoms with Crippen LogP contribution in [0.5, 0.6) is 0 Å². The third kappa shape index (κ3) is 8.51. The van der Waals surface area contributed by atoms with E-state index >= 15 is 0 Å². The summed E-state index contributed by atoms with van der Waals surface area (Å²) in [6, 6.07) is 0. The lowest BCUT2D eigenvalue weighted by Gasteiger charge is -2.22. The van der Waals surface area contributed by atoms with Crippen molar-refractivity contribution in [2.75, 3.05) is 0 Å². The van der Waals surface area contributed by atoms with Gasteiger partial charge in [-0.25, -0.2) is 0 Å². The number of unbranched alkanes of at least 4 members (excludes halogenated alkanes) is 1. The van der Waals surface area contributed by atoms with E-state index in [1.807, 2.05) is 27.7 Å². The minimum atomic E-state index is -0.372. The first-order valence-electron chi connectivity index (χ1n) is 6.24. The molecule has 0 bridgehead atoms. The van der Waals surface area contributed by atoms with Gasteiger partial charge in [-0.15, -0.1) is 0 Å². The second kappa shape index (κ2) is 7.48. The standard InChI is InChI=1S/C14H26O2/c1-6-7-8-9-10-11-12(2)13(15)16-14(3,4)5/h8-9,12H,6-7,10-11H2,1-5H3. The van der Waals surface area contributed by atoms with E-state index in [0.29, 0.717) is 0 Å². The molecule has 16 heavy (non-hydrogen) atoms. The molecule has 2 nitrogen and oxygen atoms in total. The summed E-state index contributed by atoms with van der Waals surface area (Å²) in [5, 5.41) is 0. The summed E-state index contributed by atoms with van der Waals surface area (Å²) in [6.07, 6.45) is 8.47. The van der Waals surface area contributed by atoms with Gasteiger partial charge in [0.1, 0.15) is 5.60 Å². The summed E-state index contributed by atoms with van der Waals surface area (Å²) in [4.78, 5) is 11.6. The van der Waals surface area contributed by atoms with Crippen molar-refractivity contribution in [3.8, 4) is 0 Å². The quantitative estimate of drug-likeness (QED) is 0.503. The lowest BCUT2D eigenvalue weighted by molar-refractivity contribution is -0.159. The van der Waals surface area contributed by atoms with Crippen molar-refractivity contribution >= 4 is 5.97 Å². The van der Waals surface area contributed by atoms with Crippen LogP contribution in [0.2, 0.25) is 0 Å². The van der Waals surface area contributed by atoms with E-state index in [1.165, 1.54) is 6.42 Å². The summed E-state index contributed by atoms with van der Waals surface area (Å²) < 4.78 is 5.31. The van der Waals surface area contributed by atoms with E-state index in [1.54, 1.807) is 0 Å². The average molecular weight is 226 g/mol. The maximum Gasteiger partial charge on any atom is 0.309 e. The third-order valence-electron chi connectivity index (χ3n) is 2.20. The second-order valence-corrected chi connectivity index (χ2v) is 5.27. The summed E-state index contributed by atoms with van der Waals surface area (Å²) in [7, 11) is 0. The second-order valence-electron chi connectivity index (χ2n) is 5.27. The highest BCUT2D eigenvalue weighted by atomic mass is 16.6. The van der Waals surface area contributed by atoms with Gasteiger partial charge in [0.25, 0.3) is 0 Å². The Balaban J connectivity index is 3.80.